The van der Waals surface area contributed by atoms with Crippen LogP contribution in [0.4, 0.5) is 5.69 Å². The van der Waals surface area contributed by atoms with E-state index in [0.29, 0.717) is 0 Å². The fourth-order valence-corrected chi connectivity index (χ4v) is 5.15. The predicted molar refractivity (Wildman–Crippen MR) is 145 cm³/mol. The maximum absolute atomic E-state index is 11.2. The zero-order valence-corrected chi connectivity index (χ0v) is 19.8. The molecule has 4 nitrogen and oxygen atoms in total. The van der Waals surface area contributed by atoms with E-state index in [1.807, 2.05) is 24.3 Å². The average Bonchev–Trinajstić information content (AvgIpc) is 3.24. The predicted octanol–water partition coefficient (Wildman–Crippen LogP) is 7.09. The van der Waals surface area contributed by atoms with Gasteiger partial charge in [-0.3, -0.25) is 10.1 Å². The molecule has 36 heavy (non-hydrogen) atoms. The van der Waals surface area contributed by atoms with E-state index >= 15 is 0 Å². The molecule has 0 radical (unpaired) electrons. The number of fused-ring (bicyclic) bond motifs is 2. The van der Waals surface area contributed by atoms with Crippen molar-refractivity contribution >= 4 is 39.4 Å². The summed E-state index contributed by atoms with van der Waals surface area (Å²) >= 11 is 0. The smallest absolute Gasteiger partial charge is 0.258 e. The van der Waals surface area contributed by atoms with Gasteiger partial charge in [-0.2, -0.15) is 4.57 Å². The van der Waals surface area contributed by atoms with E-state index in [-0.39, 0.29) is 10.6 Å². The second-order valence-electron chi connectivity index (χ2n) is 8.91. The van der Waals surface area contributed by atoms with E-state index in [1.54, 1.807) is 12.1 Å². The molecular formula is C32H23N2O2+. The largest absolute Gasteiger partial charge is 0.269 e. The SMILES string of the molecule is C[n+]1c2c(cc3ccccc31)C(c1ccccc1)=C(c1ccccc1)C2=Cc1ccc([N+](=O)[O-])cc1. The van der Waals surface area contributed by atoms with Crippen LogP contribution in [-0.4, -0.2) is 4.92 Å². The van der Waals surface area contributed by atoms with Crippen LogP contribution in [0.15, 0.2) is 115 Å². The summed E-state index contributed by atoms with van der Waals surface area (Å²) in [7, 11) is 2.11. The Balaban J connectivity index is 1.71. The maximum Gasteiger partial charge on any atom is 0.269 e. The van der Waals surface area contributed by atoms with Gasteiger partial charge in [0.15, 0.2) is 0 Å². The van der Waals surface area contributed by atoms with Gasteiger partial charge in [0.1, 0.15) is 7.05 Å². The highest BCUT2D eigenvalue weighted by Gasteiger charge is 2.36. The lowest BCUT2D eigenvalue weighted by molar-refractivity contribution is -0.647. The van der Waals surface area contributed by atoms with Gasteiger partial charge in [-0.1, -0.05) is 72.8 Å². The van der Waals surface area contributed by atoms with Gasteiger partial charge >= 0.3 is 0 Å². The molecular weight excluding hydrogens is 444 g/mol. The monoisotopic (exact) mass is 467 g/mol. The Labute approximate surface area is 209 Å². The van der Waals surface area contributed by atoms with Crippen molar-refractivity contribution in [2.24, 2.45) is 7.05 Å². The standard InChI is InChI=1S/C32H23N2O2/c1-33-29-15-9-8-14-25(29)21-28-31(24-12-6-3-7-13-24)30(23-10-4-2-5-11-23)27(32(28)33)20-22-16-18-26(19-17-22)34(35)36/h2-21H,1H3/q+1. The maximum atomic E-state index is 11.2. The number of para-hydroxylation sites is 1. The molecule has 1 aliphatic carbocycles. The molecule has 6 rings (SSSR count). The lowest BCUT2D eigenvalue weighted by atomic mass is 9.92. The second-order valence-corrected chi connectivity index (χ2v) is 8.91. The number of hydrogen-bond donors (Lipinski definition) is 0. The third-order valence-electron chi connectivity index (χ3n) is 6.77. The Morgan fingerprint density at radius 3 is 1.94 bits per heavy atom. The number of aromatic nitrogens is 1. The first-order valence-electron chi connectivity index (χ1n) is 11.9. The van der Waals surface area contributed by atoms with E-state index in [9.17, 15) is 10.1 Å². The van der Waals surface area contributed by atoms with E-state index in [4.69, 9.17) is 0 Å². The number of aryl methyl sites for hydroxylation is 1. The first-order valence-corrected chi connectivity index (χ1v) is 11.9. The molecule has 0 bridgehead atoms. The molecule has 0 fully saturated rings. The Morgan fingerprint density at radius 2 is 1.31 bits per heavy atom. The minimum Gasteiger partial charge on any atom is -0.258 e. The van der Waals surface area contributed by atoms with Crippen molar-refractivity contribution in [3.8, 4) is 0 Å². The van der Waals surface area contributed by atoms with Crippen molar-refractivity contribution < 1.29 is 9.49 Å². The second kappa shape index (κ2) is 8.75. The fraction of sp³-hybridized carbons (Fsp3) is 0.0312. The Morgan fingerprint density at radius 1 is 0.722 bits per heavy atom. The lowest BCUT2D eigenvalue weighted by Crippen LogP contribution is -2.34. The normalized spacial score (nSPS) is 13.9. The Kier molecular flexibility index (Phi) is 5.27. The van der Waals surface area contributed by atoms with Gasteiger partial charge in [-0.05, 0) is 47.0 Å². The molecule has 172 valence electrons. The Bertz CT molecular complexity index is 1680. The van der Waals surface area contributed by atoms with Crippen molar-refractivity contribution in [1.82, 2.24) is 0 Å². The molecule has 0 amide bonds. The number of nitro groups is 1. The van der Waals surface area contributed by atoms with E-state index in [0.717, 1.165) is 39.0 Å². The van der Waals surface area contributed by atoms with Crippen LogP contribution >= 0.6 is 0 Å². The van der Waals surface area contributed by atoms with Gasteiger partial charge in [-0.25, -0.2) is 0 Å². The van der Waals surface area contributed by atoms with Crippen molar-refractivity contribution in [2.45, 2.75) is 0 Å². The quantitative estimate of drug-likeness (QED) is 0.161. The summed E-state index contributed by atoms with van der Waals surface area (Å²) in [5, 5.41) is 12.4. The molecule has 0 N–H and O–H groups in total. The van der Waals surface area contributed by atoms with Gasteiger partial charge < -0.3 is 0 Å². The highest BCUT2D eigenvalue weighted by Crippen LogP contribution is 2.49. The van der Waals surface area contributed by atoms with Crippen molar-refractivity contribution in [3.05, 3.63) is 153 Å². The molecule has 1 aromatic heterocycles. The zero-order valence-electron chi connectivity index (χ0n) is 19.8. The first-order chi connectivity index (χ1) is 17.6. The molecule has 4 heteroatoms. The molecule has 1 aliphatic rings. The van der Waals surface area contributed by atoms with E-state index < -0.39 is 0 Å². The number of rotatable bonds is 4. The molecule has 0 atom stereocenters. The van der Waals surface area contributed by atoms with Gasteiger partial charge in [0.2, 0.25) is 11.2 Å². The van der Waals surface area contributed by atoms with Crippen LogP contribution < -0.4 is 4.57 Å². The van der Waals surface area contributed by atoms with E-state index in [2.05, 4.69) is 96.6 Å². The van der Waals surface area contributed by atoms with Gasteiger partial charge in [0.25, 0.3) is 5.69 Å². The molecule has 0 aliphatic heterocycles. The number of hydrogen-bond acceptors (Lipinski definition) is 2. The van der Waals surface area contributed by atoms with E-state index in [1.165, 1.54) is 16.5 Å². The van der Waals surface area contributed by atoms with Crippen LogP contribution in [0, 0.1) is 10.1 Å². The molecule has 0 spiro atoms. The molecule has 0 saturated carbocycles. The lowest BCUT2D eigenvalue weighted by Gasteiger charge is -2.10. The molecule has 5 aromatic rings. The Hall–Kier alpha value is -4.83. The third-order valence-corrected chi connectivity index (χ3v) is 6.77. The fourth-order valence-electron chi connectivity index (χ4n) is 5.15. The summed E-state index contributed by atoms with van der Waals surface area (Å²) < 4.78 is 2.26. The number of non-ortho nitro benzene ring substituents is 1. The van der Waals surface area contributed by atoms with Gasteiger partial charge in [-0.15, -0.1) is 0 Å². The molecule has 0 saturated heterocycles. The number of nitrogens with zero attached hydrogens (tertiary/aromatic N) is 2. The number of pyridine rings is 1. The van der Waals surface area contributed by atoms with Crippen molar-refractivity contribution in [3.63, 3.8) is 0 Å². The highest BCUT2D eigenvalue weighted by atomic mass is 16.6. The summed E-state index contributed by atoms with van der Waals surface area (Å²) in [4.78, 5) is 10.8. The van der Waals surface area contributed by atoms with Crippen molar-refractivity contribution in [2.75, 3.05) is 0 Å². The van der Waals surface area contributed by atoms with Crippen LogP contribution in [0.25, 0.3) is 33.7 Å². The van der Waals surface area contributed by atoms with Crippen molar-refractivity contribution in [1.29, 1.82) is 0 Å². The summed E-state index contributed by atoms with van der Waals surface area (Å²) in [5.74, 6) is 0. The van der Waals surface area contributed by atoms with Gasteiger partial charge in [0, 0.05) is 34.7 Å². The topological polar surface area (TPSA) is 47.0 Å². The average molecular weight is 468 g/mol. The summed E-state index contributed by atoms with van der Waals surface area (Å²) in [6.07, 6.45) is 2.15. The first kappa shape index (κ1) is 21.7. The van der Waals surface area contributed by atoms with Crippen LogP contribution in [0.5, 0.6) is 0 Å². The number of benzene rings is 4. The summed E-state index contributed by atoms with van der Waals surface area (Å²) in [5.41, 5.74) is 10.2. The summed E-state index contributed by atoms with van der Waals surface area (Å²) in [6, 6.07) is 38.4. The van der Waals surface area contributed by atoms with Crippen LogP contribution in [0.2, 0.25) is 0 Å². The van der Waals surface area contributed by atoms with Crippen LogP contribution in [-0.2, 0) is 7.05 Å². The molecule has 4 aromatic carbocycles. The third kappa shape index (κ3) is 3.60. The van der Waals surface area contributed by atoms with Crippen LogP contribution in [0.3, 0.4) is 0 Å². The number of allylic oxidation sites excluding steroid dienone is 2. The summed E-state index contributed by atoms with van der Waals surface area (Å²) in [6.45, 7) is 0. The van der Waals surface area contributed by atoms with Crippen LogP contribution in [0.1, 0.15) is 27.9 Å². The minimum absolute atomic E-state index is 0.0873. The minimum atomic E-state index is -0.364. The number of nitro benzene ring substituents is 1. The van der Waals surface area contributed by atoms with Gasteiger partial charge in [0.05, 0.1) is 16.1 Å². The molecule has 0 unspecified atom stereocenters. The molecule has 1 heterocycles. The zero-order chi connectivity index (χ0) is 24.6. The highest BCUT2D eigenvalue weighted by molar-refractivity contribution is 6.26.